The average Bonchev–Trinajstić information content (AvgIpc) is 3.11. The molecule has 4 N–H and O–H groups in total. The van der Waals surface area contributed by atoms with Gasteiger partial charge >= 0.3 is 11.9 Å². The Morgan fingerprint density at radius 3 is 1.55 bits per heavy atom. The number of phenolic OH excluding ortho intramolecular Hbond substituents is 1. The summed E-state index contributed by atoms with van der Waals surface area (Å²) in [5, 5.41) is 37.1. The molecule has 0 amide bonds. The third-order valence-corrected chi connectivity index (χ3v) is 7.55. The van der Waals surface area contributed by atoms with E-state index in [1.165, 1.54) is 32.4 Å². The molecule has 4 aromatic carbocycles. The van der Waals surface area contributed by atoms with Gasteiger partial charge in [0, 0.05) is 46.1 Å². The van der Waals surface area contributed by atoms with Crippen molar-refractivity contribution in [1.29, 1.82) is 0 Å². The standard InChI is InChI=1S/C18H18Cl2O5.C12H16O5.C6H4Cl2O/c1-23-17-10-14(6-4-12(17)11-21)24-8-2-3-18(22)25-16-7-5-13(19)9-15(16)20;1-16-11-7-10(5-4-9(11)8-13)17-6-2-3-12(14)15;7-4-1-2-6(9)5(8)3-4/h4-7,9-10,21H,2-3,8,11H2,1H3;4-5,7,13H,2-3,6,8H2,1H3,(H,14,15);1-3,9H. The van der Waals surface area contributed by atoms with Crippen LogP contribution in [0.4, 0.5) is 0 Å². The van der Waals surface area contributed by atoms with Crippen LogP contribution < -0.4 is 23.7 Å². The first-order chi connectivity index (χ1) is 24.4. The van der Waals surface area contributed by atoms with E-state index in [4.69, 9.17) is 85.4 Å². The maximum atomic E-state index is 11.8. The van der Waals surface area contributed by atoms with Crippen LogP contribution in [0.1, 0.15) is 36.8 Å². The van der Waals surface area contributed by atoms with Crippen molar-refractivity contribution in [2.45, 2.75) is 38.9 Å². The molecule has 0 saturated heterocycles. The van der Waals surface area contributed by atoms with E-state index in [1.807, 2.05) is 0 Å². The molecule has 0 atom stereocenters. The zero-order valence-corrected chi connectivity index (χ0v) is 30.8. The van der Waals surface area contributed by atoms with Crippen LogP contribution in [0.2, 0.25) is 20.1 Å². The predicted molar refractivity (Wildman–Crippen MR) is 195 cm³/mol. The fourth-order valence-corrected chi connectivity index (χ4v) is 4.78. The first-order valence-electron chi connectivity index (χ1n) is 15.2. The van der Waals surface area contributed by atoms with Gasteiger partial charge in [0.15, 0.2) is 0 Å². The summed E-state index contributed by atoms with van der Waals surface area (Å²) in [5.41, 5.74) is 1.36. The number of benzene rings is 4. The molecule has 0 aromatic heterocycles. The molecule has 15 heteroatoms. The molecule has 51 heavy (non-hydrogen) atoms. The molecule has 0 aliphatic carbocycles. The number of carbonyl (C=O) groups excluding carboxylic acids is 1. The lowest BCUT2D eigenvalue weighted by Gasteiger charge is -2.10. The number of methoxy groups -OCH3 is 2. The van der Waals surface area contributed by atoms with Crippen LogP contribution >= 0.6 is 46.4 Å². The highest BCUT2D eigenvalue weighted by Crippen LogP contribution is 2.29. The van der Waals surface area contributed by atoms with Gasteiger partial charge in [0.05, 0.1) is 50.7 Å². The number of carboxylic acid groups (broad SMARTS) is 1. The van der Waals surface area contributed by atoms with E-state index >= 15 is 0 Å². The minimum atomic E-state index is -0.832. The number of aliphatic carboxylic acids is 1. The summed E-state index contributed by atoms with van der Waals surface area (Å²) >= 11 is 22.7. The molecule has 0 aliphatic rings. The molecular weight excluding hydrogens is 750 g/mol. The fourth-order valence-electron chi connectivity index (χ4n) is 3.92. The highest BCUT2D eigenvalue weighted by molar-refractivity contribution is 6.36. The number of ether oxygens (including phenoxy) is 5. The summed E-state index contributed by atoms with van der Waals surface area (Å²) in [4.78, 5) is 22.1. The molecule has 0 unspecified atom stereocenters. The van der Waals surface area contributed by atoms with Crippen LogP contribution in [0.25, 0.3) is 0 Å². The first kappa shape index (κ1) is 43.1. The van der Waals surface area contributed by atoms with Gasteiger partial charge in [-0.1, -0.05) is 46.4 Å². The number of halogens is 4. The molecule has 0 radical (unpaired) electrons. The fraction of sp³-hybridized carbons (Fsp3) is 0.278. The second kappa shape index (κ2) is 23.4. The van der Waals surface area contributed by atoms with E-state index in [0.29, 0.717) is 70.2 Å². The van der Waals surface area contributed by atoms with Crippen LogP contribution in [0.3, 0.4) is 0 Å². The average molecular weight is 789 g/mol. The summed E-state index contributed by atoms with van der Waals surface area (Å²) in [5.74, 6) is 1.41. The summed E-state index contributed by atoms with van der Waals surface area (Å²) in [7, 11) is 3.04. The Morgan fingerprint density at radius 1 is 0.627 bits per heavy atom. The van der Waals surface area contributed by atoms with Crippen molar-refractivity contribution in [1.82, 2.24) is 0 Å². The predicted octanol–water partition coefficient (Wildman–Crippen LogP) is 8.39. The van der Waals surface area contributed by atoms with E-state index in [9.17, 15) is 14.7 Å². The molecule has 0 heterocycles. The summed E-state index contributed by atoms with van der Waals surface area (Å²) in [6, 6.07) is 19.4. The van der Waals surface area contributed by atoms with Crippen molar-refractivity contribution < 1.29 is 53.7 Å². The van der Waals surface area contributed by atoms with Crippen LogP contribution in [0, 0.1) is 0 Å². The van der Waals surface area contributed by atoms with Crippen molar-refractivity contribution in [3.05, 3.63) is 104 Å². The van der Waals surface area contributed by atoms with Gasteiger partial charge in [-0.3, -0.25) is 9.59 Å². The zero-order valence-electron chi connectivity index (χ0n) is 27.7. The van der Waals surface area contributed by atoms with Crippen molar-refractivity contribution in [3.63, 3.8) is 0 Å². The molecular formula is C36H38Cl4O11. The number of hydrogen-bond acceptors (Lipinski definition) is 10. The second-order valence-corrected chi connectivity index (χ2v) is 11.9. The van der Waals surface area contributed by atoms with E-state index in [2.05, 4.69) is 0 Å². The molecule has 4 aromatic rings. The smallest absolute Gasteiger partial charge is 0.311 e. The number of carbonyl (C=O) groups is 2. The van der Waals surface area contributed by atoms with Gasteiger partial charge in [0.2, 0.25) is 0 Å². The number of phenols is 1. The third kappa shape index (κ3) is 16.2. The second-order valence-electron chi connectivity index (χ2n) is 10.2. The Bertz CT molecular complexity index is 1700. The minimum Gasteiger partial charge on any atom is -0.506 e. The topological polar surface area (TPSA) is 161 Å². The number of aliphatic hydroxyl groups is 2. The summed E-state index contributed by atoms with van der Waals surface area (Å²) in [6.07, 6.45) is 1.21. The molecule has 0 spiro atoms. The van der Waals surface area contributed by atoms with E-state index in [1.54, 1.807) is 54.6 Å². The largest absolute Gasteiger partial charge is 0.506 e. The Hall–Kier alpha value is -4.10. The molecule has 0 bridgehead atoms. The SMILES string of the molecule is COc1cc(OCCCC(=O)O)ccc1CO.COc1cc(OCCCC(=O)Oc2ccc(Cl)cc2Cl)ccc1CO.Oc1ccc(Cl)cc1Cl. The van der Waals surface area contributed by atoms with Crippen LogP contribution in [0.15, 0.2) is 72.8 Å². The molecule has 4 rings (SSSR count). The van der Waals surface area contributed by atoms with Crippen molar-refractivity contribution in [3.8, 4) is 34.5 Å². The maximum absolute atomic E-state index is 11.8. The summed E-state index contributed by atoms with van der Waals surface area (Å²) in [6.45, 7) is 0.476. The quantitative estimate of drug-likeness (QED) is 0.0520. The lowest BCUT2D eigenvalue weighted by Crippen LogP contribution is -2.10. The molecule has 0 fully saturated rings. The maximum Gasteiger partial charge on any atom is 0.311 e. The Labute approximate surface area is 315 Å². The Kier molecular flexibility index (Phi) is 19.7. The minimum absolute atomic E-state index is 0.0565. The van der Waals surface area contributed by atoms with E-state index in [-0.39, 0.29) is 47.6 Å². The van der Waals surface area contributed by atoms with Gasteiger partial charge in [-0.2, -0.15) is 0 Å². The number of aliphatic hydroxyl groups excluding tert-OH is 2. The van der Waals surface area contributed by atoms with Crippen LogP contribution in [0.5, 0.6) is 34.5 Å². The van der Waals surface area contributed by atoms with Crippen LogP contribution in [-0.2, 0) is 22.8 Å². The lowest BCUT2D eigenvalue weighted by molar-refractivity contribution is -0.137. The van der Waals surface area contributed by atoms with Crippen molar-refractivity contribution in [2.75, 3.05) is 27.4 Å². The Morgan fingerprint density at radius 2 is 1.12 bits per heavy atom. The number of carboxylic acids is 1. The number of hydrogen-bond donors (Lipinski definition) is 4. The zero-order chi connectivity index (χ0) is 37.8. The molecule has 0 aliphatic heterocycles. The van der Waals surface area contributed by atoms with Crippen molar-refractivity contribution >= 4 is 58.3 Å². The van der Waals surface area contributed by atoms with Gasteiger partial charge in [-0.15, -0.1) is 0 Å². The van der Waals surface area contributed by atoms with Gasteiger partial charge in [0.1, 0.15) is 34.5 Å². The van der Waals surface area contributed by atoms with Gasteiger partial charge in [-0.25, -0.2) is 0 Å². The summed E-state index contributed by atoms with van der Waals surface area (Å²) < 4.78 is 26.4. The third-order valence-electron chi connectivity index (χ3n) is 6.48. The van der Waals surface area contributed by atoms with Crippen molar-refractivity contribution in [2.24, 2.45) is 0 Å². The monoisotopic (exact) mass is 786 g/mol. The van der Waals surface area contributed by atoms with E-state index in [0.717, 1.165) is 0 Å². The molecule has 276 valence electrons. The molecule has 11 nitrogen and oxygen atoms in total. The molecule has 0 saturated carbocycles. The van der Waals surface area contributed by atoms with Gasteiger partial charge in [0.25, 0.3) is 0 Å². The van der Waals surface area contributed by atoms with Crippen LogP contribution in [-0.4, -0.2) is 59.8 Å². The normalized spacial score (nSPS) is 10.1. The van der Waals surface area contributed by atoms with E-state index < -0.39 is 11.9 Å². The van der Waals surface area contributed by atoms with Gasteiger partial charge < -0.3 is 44.1 Å². The Balaban J connectivity index is 0.000000297. The highest BCUT2D eigenvalue weighted by Gasteiger charge is 2.10. The highest BCUT2D eigenvalue weighted by atomic mass is 35.5. The first-order valence-corrected chi connectivity index (χ1v) is 16.7. The number of rotatable bonds is 15. The number of esters is 1. The van der Waals surface area contributed by atoms with Gasteiger partial charge in [-0.05, 0) is 73.5 Å². The lowest BCUT2D eigenvalue weighted by atomic mass is 10.2. The number of aromatic hydroxyl groups is 1.